The molecule has 1 aliphatic rings. The molecule has 1 unspecified atom stereocenters. The second kappa shape index (κ2) is 4.53. The van der Waals surface area contributed by atoms with E-state index < -0.39 is 0 Å². The fraction of sp³-hybridized carbons (Fsp3) is 0.500. The molecule has 0 spiro atoms. The van der Waals surface area contributed by atoms with E-state index in [1.54, 1.807) is 0 Å². The first kappa shape index (κ1) is 10.3. The molecule has 1 aliphatic heterocycles. The Hall–Kier alpha value is -1.22. The summed E-state index contributed by atoms with van der Waals surface area (Å²) in [6.45, 7) is 5.66. The maximum absolute atomic E-state index is 5.34. The van der Waals surface area contributed by atoms with Crippen molar-refractivity contribution in [1.82, 2.24) is 5.32 Å². The van der Waals surface area contributed by atoms with Gasteiger partial charge in [0.1, 0.15) is 0 Å². The van der Waals surface area contributed by atoms with Crippen LogP contribution in [0.1, 0.15) is 19.4 Å². The number of hydrogen-bond acceptors (Lipinski definition) is 3. The second-order valence-electron chi connectivity index (χ2n) is 3.85. The Balaban J connectivity index is 2.03. The molecule has 3 nitrogen and oxygen atoms in total. The van der Waals surface area contributed by atoms with Gasteiger partial charge in [-0.2, -0.15) is 0 Å². The van der Waals surface area contributed by atoms with Gasteiger partial charge in [0.2, 0.25) is 6.79 Å². The SMILES string of the molecule is CCNC(C)Cc1cc2c(c[13cH]1)OCO2. The summed E-state index contributed by atoms with van der Waals surface area (Å²) in [5, 5.41) is 3.39. The Bertz CT molecular complexity index is 338. The molecule has 82 valence electrons. The summed E-state index contributed by atoms with van der Waals surface area (Å²) in [4.78, 5) is 0. The zero-order valence-corrected chi connectivity index (χ0v) is 9.25. The normalized spacial score (nSPS) is 15.3. The summed E-state index contributed by atoms with van der Waals surface area (Å²) in [6, 6.07) is 6.64. The fourth-order valence-electron chi connectivity index (χ4n) is 1.84. The van der Waals surface area contributed by atoms with Crippen LogP contribution in [0, 0.1) is 0 Å². The second-order valence-corrected chi connectivity index (χ2v) is 3.85. The largest absolute Gasteiger partial charge is 0.454 e. The van der Waals surface area contributed by atoms with Crippen LogP contribution in [0.25, 0.3) is 0 Å². The quantitative estimate of drug-likeness (QED) is 0.820. The van der Waals surface area contributed by atoms with Crippen LogP contribution in [0.3, 0.4) is 0 Å². The molecule has 1 aromatic carbocycles. The molecule has 15 heavy (non-hydrogen) atoms. The van der Waals surface area contributed by atoms with Crippen LogP contribution >= 0.6 is 0 Å². The van der Waals surface area contributed by atoms with Crippen LogP contribution in [-0.2, 0) is 6.42 Å². The van der Waals surface area contributed by atoms with Gasteiger partial charge < -0.3 is 14.8 Å². The highest BCUT2D eigenvalue weighted by Gasteiger charge is 2.13. The van der Waals surface area contributed by atoms with Crippen molar-refractivity contribution < 1.29 is 9.47 Å². The third-order valence-corrected chi connectivity index (χ3v) is 2.53. The Morgan fingerprint density at radius 2 is 2.13 bits per heavy atom. The molecule has 0 aliphatic carbocycles. The van der Waals surface area contributed by atoms with Crippen LogP contribution in [-0.4, -0.2) is 19.4 Å². The molecular formula is C12H17NO2. The van der Waals surface area contributed by atoms with Crippen molar-refractivity contribution in [2.75, 3.05) is 13.3 Å². The maximum Gasteiger partial charge on any atom is 0.231 e. The Morgan fingerprint density at radius 3 is 2.93 bits per heavy atom. The molecule has 0 aromatic heterocycles. The van der Waals surface area contributed by atoms with Crippen LogP contribution < -0.4 is 14.8 Å². The first-order valence-corrected chi connectivity index (χ1v) is 5.41. The molecule has 0 saturated carbocycles. The maximum atomic E-state index is 5.34. The van der Waals surface area contributed by atoms with Crippen LogP contribution in [0.4, 0.5) is 0 Å². The lowest BCUT2D eigenvalue weighted by atomic mass is 10.1. The molecule has 1 aromatic rings. The molecule has 1 atom stereocenters. The first-order chi connectivity index (χ1) is 7.29. The predicted molar refractivity (Wildman–Crippen MR) is 59.4 cm³/mol. The molecule has 1 heterocycles. The van der Waals surface area contributed by atoms with E-state index in [1.165, 1.54) is 5.56 Å². The predicted octanol–water partition coefficient (Wildman–Crippen LogP) is 1.96. The molecule has 0 fully saturated rings. The van der Waals surface area contributed by atoms with Gasteiger partial charge in [-0.15, -0.1) is 0 Å². The number of nitrogens with one attached hydrogen (secondary N) is 1. The van der Waals surface area contributed by atoms with E-state index in [1.807, 2.05) is 6.07 Å². The number of likely N-dealkylation sites (N-methyl/N-ethyl adjacent to an activating group) is 1. The zero-order valence-electron chi connectivity index (χ0n) is 9.25. The van der Waals surface area contributed by atoms with Gasteiger partial charge in [-0.1, -0.05) is 13.0 Å². The summed E-state index contributed by atoms with van der Waals surface area (Å²) in [5.41, 5.74) is 1.28. The Kier molecular flexibility index (Phi) is 3.11. The third kappa shape index (κ3) is 2.42. The van der Waals surface area contributed by atoms with E-state index in [-0.39, 0.29) is 0 Å². The summed E-state index contributed by atoms with van der Waals surface area (Å²) >= 11 is 0. The lowest BCUT2D eigenvalue weighted by Crippen LogP contribution is -2.27. The molecule has 0 amide bonds. The highest BCUT2D eigenvalue weighted by molar-refractivity contribution is 5.44. The van der Waals surface area contributed by atoms with Crippen molar-refractivity contribution in [2.24, 2.45) is 0 Å². The lowest BCUT2D eigenvalue weighted by molar-refractivity contribution is 0.174. The highest BCUT2D eigenvalue weighted by atomic mass is 16.7. The first-order valence-electron chi connectivity index (χ1n) is 5.41. The average molecular weight is 208 g/mol. The summed E-state index contributed by atoms with van der Waals surface area (Å²) in [5.74, 6) is 1.73. The minimum Gasteiger partial charge on any atom is -0.454 e. The van der Waals surface area contributed by atoms with Gasteiger partial charge in [0.15, 0.2) is 11.5 Å². The fourth-order valence-corrected chi connectivity index (χ4v) is 1.84. The van der Waals surface area contributed by atoms with Crippen LogP contribution in [0.2, 0.25) is 0 Å². The van der Waals surface area contributed by atoms with Crippen molar-refractivity contribution in [3.8, 4) is 11.5 Å². The number of rotatable bonds is 4. The monoisotopic (exact) mass is 208 g/mol. The van der Waals surface area contributed by atoms with Crippen LogP contribution in [0.5, 0.6) is 11.5 Å². The van der Waals surface area contributed by atoms with Gasteiger partial charge in [0, 0.05) is 6.04 Å². The van der Waals surface area contributed by atoms with Gasteiger partial charge in [0.05, 0.1) is 0 Å². The molecule has 1 N–H and O–H groups in total. The smallest absolute Gasteiger partial charge is 0.231 e. The van der Waals surface area contributed by atoms with Crippen molar-refractivity contribution in [1.29, 1.82) is 0 Å². The van der Waals surface area contributed by atoms with E-state index in [0.717, 1.165) is 24.5 Å². The van der Waals surface area contributed by atoms with Crippen molar-refractivity contribution in [3.63, 3.8) is 0 Å². The average Bonchev–Trinajstić information content (AvgIpc) is 2.65. The number of hydrogen-bond donors (Lipinski definition) is 1. The van der Waals surface area contributed by atoms with Crippen molar-refractivity contribution >= 4 is 0 Å². The molecule has 0 saturated heterocycles. The topological polar surface area (TPSA) is 30.5 Å². The van der Waals surface area contributed by atoms with Crippen molar-refractivity contribution in [3.05, 3.63) is 23.8 Å². The van der Waals surface area contributed by atoms with Gasteiger partial charge in [0.25, 0.3) is 0 Å². The highest BCUT2D eigenvalue weighted by Crippen LogP contribution is 2.32. The molecule has 2 rings (SSSR count). The van der Waals surface area contributed by atoms with E-state index in [4.69, 9.17) is 9.47 Å². The number of ether oxygens (including phenoxy) is 2. The number of fused-ring (bicyclic) bond motifs is 1. The minimum absolute atomic E-state index is 0.349. The summed E-state index contributed by atoms with van der Waals surface area (Å²) < 4.78 is 10.6. The standard InChI is InChI=1S/C12H17NO2/c1-3-13-9(2)6-10-4-5-11-12(7-10)15-8-14-11/h4-5,7,9,13H,3,6,8H2,1-2H3/i4+1. The molecule has 0 bridgehead atoms. The van der Waals surface area contributed by atoms with E-state index >= 15 is 0 Å². The minimum atomic E-state index is 0.349. The van der Waals surface area contributed by atoms with E-state index in [0.29, 0.717) is 12.8 Å². The van der Waals surface area contributed by atoms with Crippen LogP contribution in [0.15, 0.2) is 18.2 Å². The molecule has 0 radical (unpaired) electrons. The van der Waals surface area contributed by atoms with Crippen molar-refractivity contribution in [2.45, 2.75) is 26.3 Å². The van der Waals surface area contributed by atoms with E-state index in [9.17, 15) is 0 Å². The van der Waals surface area contributed by atoms with E-state index in [2.05, 4.69) is 31.3 Å². The number of benzene rings is 1. The summed E-state index contributed by atoms with van der Waals surface area (Å²) in [7, 11) is 0. The molecular weight excluding hydrogens is 191 g/mol. The molecule has 3 heteroatoms. The lowest BCUT2D eigenvalue weighted by Gasteiger charge is -2.12. The van der Waals surface area contributed by atoms with Gasteiger partial charge >= 0.3 is 0 Å². The van der Waals surface area contributed by atoms with Gasteiger partial charge in [-0.25, -0.2) is 0 Å². The zero-order chi connectivity index (χ0) is 10.7. The Morgan fingerprint density at radius 1 is 1.33 bits per heavy atom. The summed E-state index contributed by atoms with van der Waals surface area (Å²) in [6.07, 6.45) is 1.02. The van der Waals surface area contributed by atoms with Gasteiger partial charge in [-0.05, 0) is 37.6 Å². The Labute approximate surface area is 90.4 Å². The van der Waals surface area contributed by atoms with Gasteiger partial charge in [-0.3, -0.25) is 0 Å². The third-order valence-electron chi connectivity index (χ3n) is 2.53.